The predicted molar refractivity (Wildman–Crippen MR) is 218 cm³/mol. The molecule has 0 amide bonds. The maximum Gasteiger partial charge on any atom is 0.312 e. The first kappa shape index (κ1) is 48.5. The molecule has 2 aromatic heterocycles. The van der Waals surface area contributed by atoms with Crippen LogP contribution in [0.2, 0.25) is 0 Å². The molecule has 1 saturated heterocycles. The zero-order valence-electron chi connectivity index (χ0n) is 35.0. The van der Waals surface area contributed by atoms with Crippen molar-refractivity contribution in [3.05, 3.63) is 69.7 Å². The topological polar surface area (TPSA) is 290 Å². The molecular weight excluding hydrogens is 834 g/mol. The minimum absolute atomic E-state index is 0.0334. The lowest BCUT2D eigenvalue weighted by Gasteiger charge is -2.39. The first-order valence-electron chi connectivity index (χ1n) is 20.0. The van der Waals surface area contributed by atoms with Crippen molar-refractivity contribution in [2.45, 2.75) is 77.0 Å². The molecule has 3 heterocycles. The Balaban J connectivity index is 0.976. The fourth-order valence-corrected chi connectivity index (χ4v) is 6.15. The zero-order chi connectivity index (χ0) is 45.5. The Hall–Kier alpha value is -5.49. The lowest BCUT2D eigenvalue weighted by Crippen LogP contribution is -2.59. The van der Waals surface area contributed by atoms with E-state index in [-0.39, 0.29) is 100 Å². The molecule has 5 rings (SSSR count). The minimum Gasteiger partial charge on any atom is -0.507 e. The normalized spacial score (nSPS) is 18.6. The van der Waals surface area contributed by atoms with Gasteiger partial charge in [0.15, 0.2) is 12.1 Å². The molecule has 1 aliphatic heterocycles. The molecule has 344 valence electrons. The van der Waals surface area contributed by atoms with E-state index in [0.29, 0.717) is 17.0 Å². The molecule has 0 radical (unpaired) electrons. The second kappa shape index (κ2) is 23.8. The van der Waals surface area contributed by atoms with E-state index in [1.165, 1.54) is 11.8 Å². The van der Waals surface area contributed by atoms with Gasteiger partial charge in [0, 0.05) is 17.2 Å². The number of phenols is 2. The highest BCUT2D eigenvalue weighted by Gasteiger charge is 2.44. The van der Waals surface area contributed by atoms with Gasteiger partial charge in [0.25, 0.3) is 0 Å². The second-order valence-electron chi connectivity index (χ2n) is 14.4. The zero-order valence-corrected chi connectivity index (χ0v) is 35.0. The van der Waals surface area contributed by atoms with Gasteiger partial charge in [-0.2, -0.15) is 0 Å². The van der Waals surface area contributed by atoms with E-state index in [4.69, 9.17) is 42.3 Å². The Labute approximate surface area is 360 Å². The largest absolute Gasteiger partial charge is 0.507 e. The molecule has 4 aromatic rings. The van der Waals surface area contributed by atoms with Crippen LogP contribution in [0, 0.1) is 0 Å². The Bertz CT molecular complexity index is 2200. The molecule has 0 unspecified atom stereocenters. The van der Waals surface area contributed by atoms with Gasteiger partial charge in [0.1, 0.15) is 64.9 Å². The molecule has 21 nitrogen and oxygen atoms in total. The number of aromatic hydroxyl groups is 2. The number of methoxy groups -OCH3 is 1. The molecule has 21 heteroatoms. The average molecular weight is 888 g/mol. The van der Waals surface area contributed by atoms with Gasteiger partial charge in [-0.15, -0.1) is 5.10 Å². The van der Waals surface area contributed by atoms with Crippen LogP contribution in [0.15, 0.2) is 57.4 Å². The summed E-state index contributed by atoms with van der Waals surface area (Å²) in [5.41, 5.74) is 1.13. The molecular formula is C42H53N3O18. The lowest BCUT2D eigenvalue weighted by atomic mass is 9.99. The summed E-state index contributed by atoms with van der Waals surface area (Å²) in [4.78, 5) is 39.2. The van der Waals surface area contributed by atoms with Crippen molar-refractivity contribution >= 4 is 22.9 Å². The summed E-state index contributed by atoms with van der Waals surface area (Å²) in [5, 5.41) is 68.1. The second-order valence-corrected chi connectivity index (χ2v) is 14.4. The lowest BCUT2D eigenvalue weighted by molar-refractivity contribution is -0.301. The third kappa shape index (κ3) is 13.5. The van der Waals surface area contributed by atoms with Gasteiger partial charge >= 0.3 is 11.9 Å². The number of aliphatic hydroxyl groups excluding tert-OH is 4. The molecule has 0 saturated carbocycles. The number of rotatable bonds is 24. The third-order valence-corrected chi connectivity index (χ3v) is 9.52. The van der Waals surface area contributed by atoms with Gasteiger partial charge in [-0.1, -0.05) is 16.9 Å². The van der Waals surface area contributed by atoms with E-state index < -0.39 is 72.6 Å². The van der Waals surface area contributed by atoms with E-state index >= 15 is 0 Å². The summed E-state index contributed by atoms with van der Waals surface area (Å²) >= 11 is 0. The number of benzene rings is 2. The quantitative estimate of drug-likeness (QED) is 0.0328. The number of carbonyl (C=O) groups is 2. The van der Waals surface area contributed by atoms with Gasteiger partial charge in [0.05, 0.1) is 85.5 Å². The van der Waals surface area contributed by atoms with E-state index in [1.54, 1.807) is 30.5 Å². The molecule has 1 fully saturated rings. The molecule has 0 spiro atoms. The number of esters is 2. The van der Waals surface area contributed by atoms with E-state index in [0.717, 1.165) is 11.6 Å². The molecule has 5 atom stereocenters. The maximum atomic E-state index is 13.8. The number of hydrogen-bond acceptors (Lipinski definition) is 20. The molecule has 2 aromatic carbocycles. The summed E-state index contributed by atoms with van der Waals surface area (Å²) in [6.07, 6.45) is -3.97. The van der Waals surface area contributed by atoms with Crippen molar-refractivity contribution in [3.63, 3.8) is 0 Å². The number of aromatic nitrogens is 3. The van der Waals surface area contributed by atoms with Crippen LogP contribution in [0.5, 0.6) is 23.0 Å². The average Bonchev–Trinajstić information content (AvgIpc) is 3.72. The number of ether oxygens (including phenoxy) is 8. The van der Waals surface area contributed by atoms with Crippen LogP contribution in [-0.2, 0) is 57.6 Å². The Kier molecular flexibility index (Phi) is 18.3. The standard InChI is InChI=1S/C42H53N3O18/c1-24(2)4-9-28-29(47)20-30(48)34-36(52)41(39(63-40(28)34)25-5-7-27(55-3)8-6-25)62-33(50)11-10-32(49)59-19-18-57-15-14-56-16-17-58-23-26-21-45(44-43-26)12-13-60-42-38(54)37(53)35(51)31(22-46)61-42/h4-8,20-21,31,35,37-38,42,46-48,51,53-54H,9-19,22-23H2,1-3H3/t31-,35-,37+,38-,42-/m0/s1. The number of nitrogens with zero attached hydrogens (tertiary/aromatic N) is 3. The highest BCUT2D eigenvalue weighted by Crippen LogP contribution is 2.39. The molecule has 0 bridgehead atoms. The summed E-state index contributed by atoms with van der Waals surface area (Å²) in [6, 6.07) is 7.42. The van der Waals surface area contributed by atoms with Crippen LogP contribution in [-0.4, -0.2) is 148 Å². The van der Waals surface area contributed by atoms with Crippen molar-refractivity contribution in [2.75, 3.05) is 60.0 Å². The number of phenolic OH excluding ortho intramolecular Hbond substituents is 2. The molecule has 6 N–H and O–H groups in total. The number of aliphatic hydroxyl groups is 4. The van der Waals surface area contributed by atoms with Gasteiger partial charge in [-0.25, -0.2) is 4.68 Å². The first-order valence-corrected chi connectivity index (χ1v) is 20.0. The maximum absolute atomic E-state index is 13.8. The van der Waals surface area contributed by atoms with Gasteiger partial charge in [0.2, 0.25) is 11.2 Å². The summed E-state index contributed by atoms with van der Waals surface area (Å²) in [6.45, 7) is 4.55. The van der Waals surface area contributed by atoms with E-state index in [1.807, 2.05) is 19.9 Å². The van der Waals surface area contributed by atoms with E-state index in [9.17, 15) is 45.0 Å². The van der Waals surface area contributed by atoms with Crippen LogP contribution < -0.4 is 14.9 Å². The first-order chi connectivity index (χ1) is 30.3. The highest BCUT2D eigenvalue weighted by atomic mass is 16.7. The number of allylic oxidation sites excluding steroid dienone is 2. The summed E-state index contributed by atoms with van der Waals surface area (Å²) in [5.74, 6) is -2.62. The Morgan fingerprint density at radius 1 is 0.873 bits per heavy atom. The van der Waals surface area contributed by atoms with Crippen LogP contribution in [0.25, 0.3) is 22.3 Å². The fraction of sp³-hybridized carbons (Fsp3) is 0.500. The van der Waals surface area contributed by atoms with Crippen molar-refractivity contribution in [3.8, 4) is 34.3 Å². The Morgan fingerprint density at radius 3 is 2.24 bits per heavy atom. The summed E-state index contributed by atoms with van der Waals surface area (Å²) in [7, 11) is 1.48. The van der Waals surface area contributed by atoms with Crippen LogP contribution >= 0.6 is 0 Å². The van der Waals surface area contributed by atoms with Crippen LogP contribution in [0.4, 0.5) is 0 Å². The molecule has 1 aliphatic rings. The fourth-order valence-electron chi connectivity index (χ4n) is 6.15. The minimum atomic E-state index is -1.53. The number of hydrogen-bond donors (Lipinski definition) is 6. The number of fused-ring (bicyclic) bond motifs is 1. The Morgan fingerprint density at radius 2 is 1.56 bits per heavy atom. The highest BCUT2D eigenvalue weighted by molar-refractivity contribution is 5.92. The van der Waals surface area contributed by atoms with Gasteiger partial charge < -0.3 is 73.0 Å². The molecule has 0 aliphatic carbocycles. The van der Waals surface area contributed by atoms with Crippen LogP contribution in [0.3, 0.4) is 0 Å². The van der Waals surface area contributed by atoms with Gasteiger partial charge in [-0.3, -0.25) is 14.4 Å². The van der Waals surface area contributed by atoms with Crippen molar-refractivity contribution in [1.29, 1.82) is 0 Å². The predicted octanol–water partition coefficient (Wildman–Crippen LogP) is 1.28. The summed E-state index contributed by atoms with van der Waals surface area (Å²) < 4.78 is 50.7. The van der Waals surface area contributed by atoms with Gasteiger partial charge in [-0.05, 0) is 44.5 Å². The van der Waals surface area contributed by atoms with E-state index in [2.05, 4.69) is 10.3 Å². The smallest absolute Gasteiger partial charge is 0.312 e. The van der Waals surface area contributed by atoms with Crippen molar-refractivity contribution in [1.82, 2.24) is 15.0 Å². The third-order valence-electron chi connectivity index (χ3n) is 9.52. The van der Waals surface area contributed by atoms with Crippen molar-refractivity contribution in [2.24, 2.45) is 0 Å². The van der Waals surface area contributed by atoms with Crippen LogP contribution in [0.1, 0.15) is 37.9 Å². The SMILES string of the molecule is COc1ccc(-c2oc3c(CC=C(C)C)c(O)cc(O)c3c(=O)c2OC(=O)CCC(=O)OCCOCCOCCOCc2cn(CCO[C@H]3O[C@@H](CO)[C@H](O)[C@@H](O)[C@@H]3O)nn2)cc1. The van der Waals surface area contributed by atoms with Crippen molar-refractivity contribution < 1.29 is 82.5 Å². The molecule has 63 heavy (non-hydrogen) atoms. The monoisotopic (exact) mass is 887 g/mol. The number of carbonyl (C=O) groups excluding carboxylic acids is 2.